The zero-order valence-corrected chi connectivity index (χ0v) is 19.1. The summed E-state index contributed by atoms with van der Waals surface area (Å²) < 4.78 is 2.49. The summed E-state index contributed by atoms with van der Waals surface area (Å²) in [7, 11) is 0. The number of hydrogen-bond donors (Lipinski definition) is 1. The van der Waals surface area contributed by atoms with Gasteiger partial charge >= 0.3 is 0 Å². The second kappa shape index (κ2) is 9.14. The van der Waals surface area contributed by atoms with Gasteiger partial charge in [-0.05, 0) is 48.5 Å². The van der Waals surface area contributed by atoms with Gasteiger partial charge in [-0.25, -0.2) is 9.67 Å². The lowest BCUT2D eigenvalue weighted by molar-refractivity contribution is 0.474. The first-order chi connectivity index (χ1) is 14.5. The van der Waals surface area contributed by atoms with E-state index >= 15 is 0 Å². The molecule has 0 saturated heterocycles. The fourth-order valence-electron chi connectivity index (χ4n) is 2.65. The SMILES string of the molecule is Oc1ccc(Br)cc1C=Nn1c(-c2cc(Cl)ccc2Cl)csc1=Nc1cccnc1. The van der Waals surface area contributed by atoms with Gasteiger partial charge in [-0.2, -0.15) is 5.10 Å². The molecule has 0 saturated carbocycles. The van der Waals surface area contributed by atoms with Crippen molar-refractivity contribution in [3.05, 3.63) is 91.2 Å². The summed E-state index contributed by atoms with van der Waals surface area (Å²) in [6, 6.07) is 14.0. The fourth-order valence-corrected chi connectivity index (χ4v) is 4.26. The normalized spacial score (nSPS) is 12.0. The number of halogens is 3. The lowest BCUT2D eigenvalue weighted by Gasteiger charge is -2.07. The minimum absolute atomic E-state index is 0.117. The second-order valence-electron chi connectivity index (χ2n) is 6.11. The molecule has 2 aromatic carbocycles. The molecule has 4 aromatic rings. The van der Waals surface area contributed by atoms with Crippen LogP contribution in [0.1, 0.15) is 5.56 Å². The maximum Gasteiger partial charge on any atom is 0.211 e. The molecule has 0 atom stereocenters. The molecule has 0 aliphatic carbocycles. The number of pyridine rings is 1. The number of benzene rings is 2. The Morgan fingerprint density at radius 3 is 2.80 bits per heavy atom. The van der Waals surface area contributed by atoms with Gasteiger partial charge in [0.2, 0.25) is 4.80 Å². The van der Waals surface area contributed by atoms with E-state index in [1.807, 2.05) is 17.5 Å². The Bertz CT molecular complexity index is 1300. The van der Waals surface area contributed by atoms with Crippen LogP contribution in [0.5, 0.6) is 5.75 Å². The van der Waals surface area contributed by atoms with E-state index in [0.717, 1.165) is 15.7 Å². The Labute approximate surface area is 194 Å². The van der Waals surface area contributed by atoms with Crippen LogP contribution in [0, 0.1) is 0 Å². The van der Waals surface area contributed by atoms with Crippen molar-refractivity contribution in [3.63, 3.8) is 0 Å². The second-order valence-corrected chi connectivity index (χ2v) is 8.71. The monoisotopic (exact) mass is 518 g/mol. The standard InChI is InChI=1S/C21H13BrCl2N4OS/c22-14-3-6-20(29)13(8-14)10-26-28-19(17-9-15(23)4-5-18(17)24)12-30-21(28)27-16-2-1-7-25-11-16/h1-12,29H. The highest BCUT2D eigenvalue weighted by molar-refractivity contribution is 9.10. The highest BCUT2D eigenvalue weighted by atomic mass is 79.9. The predicted molar refractivity (Wildman–Crippen MR) is 126 cm³/mol. The van der Waals surface area contributed by atoms with Gasteiger partial charge < -0.3 is 5.11 Å². The van der Waals surface area contributed by atoms with Crippen LogP contribution >= 0.6 is 50.5 Å². The highest BCUT2D eigenvalue weighted by Crippen LogP contribution is 2.31. The molecule has 9 heteroatoms. The molecule has 2 heterocycles. The number of aromatic hydroxyl groups is 1. The molecule has 150 valence electrons. The Kier molecular flexibility index (Phi) is 6.34. The zero-order chi connectivity index (χ0) is 21.1. The van der Waals surface area contributed by atoms with Gasteiger partial charge in [-0.15, -0.1) is 11.3 Å². The van der Waals surface area contributed by atoms with Gasteiger partial charge in [0.05, 0.1) is 28.8 Å². The van der Waals surface area contributed by atoms with Crippen molar-refractivity contribution in [3.8, 4) is 17.0 Å². The van der Waals surface area contributed by atoms with Crippen LogP contribution < -0.4 is 4.80 Å². The average Bonchev–Trinajstić information content (AvgIpc) is 3.13. The summed E-state index contributed by atoms with van der Waals surface area (Å²) in [5.74, 6) is 0.117. The minimum atomic E-state index is 0.117. The summed E-state index contributed by atoms with van der Waals surface area (Å²) in [5, 5.41) is 17.7. The third-order valence-electron chi connectivity index (χ3n) is 4.06. The number of nitrogens with zero attached hydrogens (tertiary/aromatic N) is 4. The first-order valence-electron chi connectivity index (χ1n) is 8.65. The number of hydrogen-bond acceptors (Lipinski definition) is 5. The van der Waals surface area contributed by atoms with Crippen LogP contribution in [0.25, 0.3) is 11.3 Å². The predicted octanol–water partition coefficient (Wildman–Crippen LogP) is 6.50. The molecular weight excluding hydrogens is 507 g/mol. The maximum atomic E-state index is 10.1. The molecular formula is C21H13BrCl2N4OS. The molecule has 2 aromatic heterocycles. The smallest absolute Gasteiger partial charge is 0.211 e. The molecule has 0 aliphatic rings. The first-order valence-corrected chi connectivity index (χ1v) is 11.1. The molecule has 0 bridgehead atoms. The van der Waals surface area contributed by atoms with Crippen molar-refractivity contribution in [1.82, 2.24) is 9.66 Å². The third-order valence-corrected chi connectivity index (χ3v) is 5.94. The van der Waals surface area contributed by atoms with Crippen LogP contribution in [0.2, 0.25) is 10.0 Å². The highest BCUT2D eigenvalue weighted by Gasteiger charge is 2.12. The summed E-state index contributed by atoms with van der Waals surface area (Å²) in [6.45, 7) is 0. The topological polar surface area (TPSA) is 62.8 Å². The van der Waals surface area contributed by atoms with E-state index < -0.39 is 0 Å². The molecule has 0 fully saturated rings. The van der Waals surface area contributed by atoms with E-state index in [9.17, 15) is 5.11 Å². The molecule has 0 spiro atoms. The van der Waals surface area contributed by atoms with Gasteiger partial charge in [0.15, 0.2) is 0 Å². The Hall–Kier alpha value is -2.45. The van der Waals surface area contributed by atoms with E-state index in [-0.39, 0.29) is 5.75 Å². The third kappa shape index (κ3) is 4.65. The Morgan fingerprint density at radius 1 is 1.13 bits per heavy atom. The van der Waals surface area contributed by atoms with Crippen LogP contribution in [0.15, 0.2) is 80.9 Å². The number of phenolic OH excluding ortho intramolecular Hbond substituents is 1. The Morgan fingerprint density at radius 2 is 2.00 bits per heavy atom. The van der Waals surface area contributed by atoms with E-state index in [1.54, 1.807) is 59.7 Å². The fraction of sp³-hybridized carbons (Fsp3) is 0. The van der Waals surface area contributed by atoms with Gasteiger partial charge in [0.25, 0.3) is 0 Å². The van der Waals surface area contributed by atoms with Gasteiger partial charge in [-0.1, -0.05) is 39.1 Å². The number of rotatable bonds is 4. The minimum Gasteiger partial charge on any atom is -0.507 e. The maximum absolute atomic E-state index is 10.1. The van der Waals surface area contributed by atoms with Crippen LogP contribution in [0.3, 0.4) is 0 Å². The van der Waals surface area contributed by atoms with Crippen molar-refractivity contribution in [2.24, 2.45) is 10.1 Å². The van der Waals surface area contributed by atoms with Crippen molar-refractivity contribution >= 4 is 62.4 Å². The lowest BCUT2D eigenvalue weighted by Crippen LogP contribution is -2.11. The van der Waals surface area contributed by atoms with Crippen molar-refractivity contribution in [2.75, 3.05) is 0 Å². The molecule has 5 nitrogen and oxygen atoms in total. The Balaban J connectivity index is 1.90. The molecule has 1 N–H and O–H groups in total. The molecule has 0 amide bonds. The van der Waals surface area contributed by atoms with E-state index in [0.29, 0.717) is 26.1 Å². The number of thiazole rings is 1. The van der Waals surface area contributed by atoms with Crippen LogP contribution in [-0.2, 0) is 0 Å². The van der Waals surface area contributed by atoms with E-state index in [2.05, 4.69) is 31.0 Å². The van der Waals surface area contributed by atoms with Gasteiger partial charge in [0.1, 0.15) is 5.75 Å². The van der Waals surface area contributed by atoms with Crippen molar-refractivity contribution in [1.29, 1.82) is 0 Å². The van der Waals surface area contributed by atoms with Gasteiger partial charge in [-0.3, -0.25) is 4.98 Å². The van der Waals surface area contributed by atoms with Crippen LogP contribution in [-0.4, -0.2) is 21.0 Å². The quantitative estimate of drug-likeness (QED) is 0.313. The largest absolute Gasteiger partial charge is 0.507 e. The molecule has 0 aliphatic heterocycles. The van der Waals surface area contributed by atoms with Crippen LogP contribution in [0.4, 0.5) is 5.69 Å². The summed E-state index contributed by atoms with van der Waals surface area (Å²) >= 11 is 17.4. The average molecular weight is 520 g/mol. The van der Waals surface area contributed by atoms with E-state index in [4.69, 9.17) is 23.2 Å². The summed E-state index contributed by atoms with van der Waals surface area (Å²) in [5.41, 5.74) is 2.69. The van der Waals surface area contributed by atoms with E-state index in [1.165, 1.54) is 11.3 Å². The molecule has 30 heavy (non-hydrogen) atoms. The van der Waals surface area contributed by atoms with Crippen molar-refractivity contribution < 1.29 is 5.11 Å². The lowest BCUT2D eigenvalue weighted by atomic mass is 10.2. The summed E-state index contributed by atoms with van der Waals surface area (Å²) in [6.07, 6.45) is 4.92. The molecule has 0 radical (unpaired) electrons. The molecule has 4 rings (SSSR count). The van der Waals surface area contributed by atoms with Gasteiger partial charge in [0, 0.05) is 32.2 Å². The number of aromatic nitrogens is 2. The number of phenols is 1. The van der Waals surface area contributed by atoms with Crippen molar-refractivity contribution in [2.45, 2.75) is 0 Å². The summed E-state index contributed by atoms with van der Waals surface area (Å²) in [4.78, 5) is 9.36. The zero-order valence-electron chi connectivity index (χ0n) is 15.2. The first kappa shape index (κ1) is 20.8. The molecule has 0 unspecified atom stereocenters.